The number of non-ortho nitro benzene ring substituents is 1. The van der Waals surface area contributed by atoms with E-state index in [1.54, 1.807) is 18.2 Å². The largest absolute Gasteiger partial charge is 0.354 e. The maximum Gasteiger partial charge on any atom is 0.271 e. The van der Waals surface area contributed by atoms with Gasteiger partial charge in [-0.15, -0.1) is 0 Å². The molecule has 0 fully saturated rings. The highest BCUT2D eigenvalue weighted by Gasteiger charge is 2.35. The van der Waals surface area contributed by atoms with Crippen molar-refractivity contribution in [3.63, 3.8) is 0 Å². The molecule has 0 bridgehead atoms. The number of benzene rings is 4. The summed E-state index contributed by atoms with van der Waals surface area (Å²) in [5.41, 5.74) is 0.796. The van der Waals surface area contributed by atoms with Gasteiger partial charge in [-0.3, -0.25) is 24.0 Å². The normalized spacial score (nSPS) is 11.9. The van der Waals surface area contributed by atoms with E-state index in [-0.39, 0.29) is 40.2 Å². The molecule has 10 nitrogen and oxygen atoms in total. The van der Waals surface area contributed by atoms with E-state index in [0.717, 1.165) is 15.9 Å². The molecule has 0 aliphatic rings. The maximum absolute atomic E-state index is 14.5. The van der Waals surface area contributed by atoms with Gasteiger partial charge in [0.05, 0.1) is 15.5 Å². The standard InChI is InChI=1S/C34H34Cl2N4O6S/c1-24(2)21-37-34(42)32(18-25-10-5-3-6-11-25)38(22-26-16-17-27(35)19-31(26)36)33(41)23-39(28-12-9-13-29(20-28)40(43)44)47(45,46)30-14-7-4-8-15-30/h3-17,19-20,24,32H,18,21-23H2,1-2H3,(H,37,42). The zero-order valence-corrected chi connectivity index (χ0v) is 28.1. The molecule has 0 aliphatic heterocycles. The number of amides is 2. The molecule has 246 valence electrons. The van der Waals surface area contributed by atoms with Crippen LogP contribution in [0, 0.1) is 16.0 Å². The Kier molecular flexibility index (Phi) is 12.0. The van der Waals surface area contributed by atoms with E-state index >= 15 is 0 Å². The maximum atomic E-state index is 14.5. The van der Waals surface area contributed by atoms with Crippen LogP contribution in [0.1, 0.15) is 25.0 Å². The van der Waals surface area contributed by atoms with E-state index in [2.05, 4.69) is 5.32 Å². The number of carbonyl (C=O) groups is 2. The molecule has 1 unspecified atom stereocenters. The monoisotopic (exact) mass is 696 g/mol. The summed E-state index contributed by atoms with van der Waals surface area (Å²) in [7, 11) is -4.42. The minimum Gasteiger partial charge on any atom is -0.354 e. The first-order chi connectivity index (χ1) is 22.4. The van der Waals surface area contributed by atoms with Gasteiger partial charge in [-0.1, -0.05) is 97.7 Å². The molecule has 0 saturated carbocycles. The Hall–Kier alpha value is -4.45. The van der Waals surface area contributed by atoms with Crippen molar-refractivity contribution in [2.45, 2.75) is 37.8 Å². The lowest BCUT2D eigenvalue weighted by Crippen LogP contribution is -2.53. The fourth-order valence-electron chi connectivity index (χ4n) is 4.82. The fourth-order valence-corrected chi connectivity index (χ4v) is 6.72. The second-order valence-corrected chi connectivity index (χ2v) is 13.9. The van der Waals surface area contributed by atoms with E-state index in [1.807, 2.05) is 44.2 Å². The van der Waals surface area contributed by atoms with E-state index in [9.17, 15) is 28.1 Å². The van der Waals surface area contributed by atoms with Crippen LogP contribution in [0.2, 0.25) is 10.0 Å². The van der Waals surface area contributed by atoms with Gasteiger partial charge in [-0.05, 0) is 47.4 Å². The molecule has 2 amide bonds. The van der Waals surface area contributed by atoms with Gasteiger partial charge >= 0.3 is 0 Å². The van der Waals surface area contributed by atoms with E-state index in [1.165, 1.54) is 53.4 Å². The minimum absolute atomic E-state index is 0.0928. The van der Waals surface area contributed by atoms with Crippen LogP contribution >= 0.6 is 23.2 Å². The number of nitrogens with zero attached hydrogens (tertiary/aromatic N) is 3. The van der Waals surface area contributed by atoms with Crippen molar-refractivity contribution in [1.82, 2.24) is 10.2 Å². The molecule has 4 aromatic rings. The second kappa shape index (κ2) is 15.9. The number of halogens is 2. The number of rotatable bonds is 14. The molecule has 1 N–H and O–H groups in total. The SMILES string of the molecule is CC(C)CNC(=O)C(Cc1ccccc1)N(Cc1ccc(Cl)cc1Cl)C(=O)CN(c1cccc([N+](=O)[O-])c1)S(=O)(=O)c1ccccc1. The third-order valence-corrected chi connectivity index (χ3v) is 9.63. The van der Waals surface area contributed by atoms with Crippen LogP contribution in [-0.4, -0.2) is 49.2 Å². The topological polar surface area (TPSA) is 130 Å². The smallest absolute Gasteiger partial charge is 0.271 e. The molecule has 4 aromatic carbocycles. The summed E-state index contributed by atoms with van der Waals surface area (Å²) in [5.74, 6) is -1.05. The molecule has 0 heterocycles. The summed E-state index contributed by atoms with van der Waals surface area (Å²) in [6.45, 7) is 3.29. The molecule has 1 atom stereocenters. The van der Waals surface area contributed by atoms with Gasteiger partial charge in [0.2, 0.25) is 11.8 Å². The van der Waals surface area contributed by atoms with Crippen LogP contribution in [0.15, 0.2) is 108 Å². The number of hydrogen-bond acceptors (Lipinski definition) is 6. The fraction of sp³-hybridized carbons (Fsp3) is 0.235. The first-order valence-electron chi connectivity index (χ1n) is 14.7. The van der Waals surface area contributed by atoms with Crippen LogP contribution in [0.25, 0.3) is 0 Å². The van der Waals surface area contributed by atoms with Gasteiger partial charge in [-0.2, -0.15) is 0 Å². The van der Waals surface area contributed by atoms with Gasteiger partial charge in [0, 0.05) is 41.7 Å². The number of nitrogens with one attached hydrogen (secondary N) is 1. The third kappa shape index (κ3) is 9.31. The first-order valence-corrected chi connectivity index (χ1v) is 16.9. The summed E-state index contributed by atoms with van der Waals surface area (Å²) in [6, 6.07) is 25.3. The van der Waals surface area contributed by atoms with Crippen molar-refractivity contribution in [1.29, 1.82) is 0 Å². The summed E-state index contributed by atoms with van der Waals surface area (Å²) in [4.78, 5) is 40.5. The van der Waals surface area contributed by atoms with Crippen molar-refractivity contribution in [2.24, 2.45) is 5.92 Å². The predicted molar refractivity (Wildman–Crippen MR) is 183 cm³/mol. The summed E-state index contributed by atoms with van der Waals surface area (Å²) in [6.07, 6.45) is 0.115. The van der Waals surface area contributed by atoms with Gasteiger partial charge in [0.15, 0.2) is 0 Å². The van der Waals surface area contributed by atoms with Crippen molar-refractivity contribution in [2.75, 3.05) is 17.4 Å². The number of carbonyl (C=O) groups excluding carboxylic acids is 2. The molecule has 0 aromatic heterocycles. The first kappa shape index (κ1) is 35.4. The average Bonchev–Trinajstić information content (AvgIpc) is 3.05. The van der Waals surface area contributed by atoms with Crippen molar-refractivity contribution in [3.05, 3.63) is 134 Å². The highest BCUT2D eigenvalue weighted by molar-refractivity contribution is 7.92. The molecular formula is C34H34Cl2N4O6S. The summed E-state index contributed by atoms with van der Waals surface area (Å²) < 4.78 is 28.9. The van der Waals surface area contributed by atoms with Crippen LogP contribution in [-0.2, 0) is 32.6 Å². The highest BCUT2D eigenvalue weighted by atomic mass is 35.5. The molecule has 47 heavy (non-hydrogen) atoms. The lowest BCUT2D eigenvalue weighted by atomic mass is 10.0. The van der Waals surface area contributed by atoms with Gasteiger partial charge in [0.1, 0.15) is 12.6 Å². The zero-order valence-electron chi connectivity index (χ0n) is 25.8. The lowest BCUT2D eigenvalue weighted by molar-refractivity contribution is -0.384. The molecule has 13 heteroatoms. The predicted octanol–water partition coefficient (Wildman–Crippen LogP) is 6.51. The number of hydrogen-bond donors (Lipinski definition) is 1. The second-order valence-electron chi connectivity index (χ2n) is 11.2. The zero-order chi connectivity index (χ0) is 34.1. The lowest BCUT2D eigenvalue weighted by Gasteiger charge is -2.34. The molecule has 0 saturated heterocycles. The molecular weight excluding hydrogens is 663 g/mol. The Bertz CT molecular complexity index is 1830. The third-order valence-electron chi connectivity index (χ3n) is 7.25. The quantitative estimate of drug-likeness (QED) is 0.118. The Labute approximate surface area is 284 Å². The van der Waals surface area contributed by atoms with E-state index in [0.29, 0.717) is 17.1 Å². The Morgan fingerprint density at radius 2 is 1.55 bits per heavy atom. The van der Waals surface area contributed by atoms with Crippen LogP contribution in [0.3, 0.4) is 0 Å². The van der Waals surface area contributed by atoms with Crippen molar-refractivity contribution in [3.8, 4) is 0 Å². The van der Waals surface area contributed by atoms with Gasteiger partial charge in [-0.25, -0.2) is 8.42 Å². The average molecular weight is 698 g/mol. The van der Waals surface area contributed by atoms with Crippen molar-refractivity contribution < 1.29 is 22.9 Å². The minimum atomic E-state index is -4.42. The molecule has 0 radical (unpaired) electrons. The highest BCUT2D eigenvalue weighted by Crippen LogP contribution is 2.29. The number of nitro benzene ring substituents is 1. The number of nitro groups is 1. The van der Waals surface area contributed by atoms with E-state index in [4.69, 9.17) is 23.2 Å². The van der Waals surface area contributed by atoms with Gasteiger partial charge in [0.25, 0.3) is 15.7 Å². The number of sulfonamides is 1. The Balaban J connectivity index is 1.84. The Morgan fingerprint density at radius 3 is 2.17 bits per heavy atom. The van der Waals surface area contributed by atoms with E-state index < -0.39 is 39.3 Å². The summed E-state index contributed by atoms with van der Waals surface area (Å²) >= 11 is 12.7. The van der Waals surface area contributed by atoms with Crippen molar-refractivity contribution >= 4 is 56.4 Å². The molecule has 0 aliphatic carbocycles. The summed E-state index contributed by atoms with van der Waals surface area (Å²) in [5, 5.41) is 15.2. The van der Waals surface area contributed by atoms with Gasteiger partial charge < -0.3 is 10.2 Å². The van der Waals surface area contributed by atoms with Crippen LogP contribution < -0.4 is 9.62 Å². The molecule has 0 spiro atoms. The van der Waals surface area contributed by atoms with Crippen LogP contribution in [0.5, 0.6) is 0 Å². The Morgan fingerprint density at radius 1 is 0.894 bits per heavy atom. The molecule has 4 rings (SSSR count). The van der Waals surface area contributed by atoms with Crippen LogP contribution in [0.4, 0.5) is 11.4 Å². The number of anilines is 1.